The minimum absolute atomic E-state index is 0.152. The smallest absolute Gasteiger partial charge is 0.243 e. The van der Waals surface area contributed by atoms with Crippen LogP contribution in [0.4, 0.5) is 16.2 Å². The van der Waals surface area contributed by atoms with E-state index >= 15 is 4.39 Å². The zero-order valence-electron chi connectivity index (χ0n) is 21.5. The largest absolute Gasteiger partial charge is 0.494 e. The van der Waals surface area contributed by atoms with Crippen LogP contribution in [0, 0.1) is 5.82 Å². The van der Waals surface area contributed by atoms with E-state index < -0.39 is 5.82 Å². The molecule has 2 fully saturated rings. The van der Waals surface area contributed by atoms with Crippen molar-refractivity contribution in [1.29, 1.82) is 0 Å². The number of likely N-dealkylation sites (N-methyl/N-ethyl adjacent to an activating group) is 1. The maximum Gasteiger partial charge on any atom is 0.243 e. The van der Waals surface area contributed by atoms with Crippen LogP contribution in [0.1, 0.15) is 12.8 Å². The molecule has 0 radical (unpaired) electrons. The summed E-state index contributed by atoms with van der Waals surface area (Å²) >= 11 is 0. The van der Waals surface area contributed by atoms with Gasteiger partial charge in [-0.15, -0.1) is 0 Å². The number of rotatable bonds is 9. The average molecular weight is 522 g/mol. The Bertz CT molecular complexity index is 1340. The molecule has 4 heterocycles. The highest BCUT2D eigenvalue weighted by molar-refractivity contribution is 5.92. The Morgan fingerprint density at radius 2 is 2.16 bits per heavy atom. The zero-order valence-corrected chi connectivity index (χ0v) is 21.5. The fraction of sp³-hybridized carbons (Fsp3) is 0.407. The standard InChI is InChI=1S/C27H32FN7O3/c1-4-23(36)31-20-14-38-15-21(20)33-27-30-12-16-11-19(18-8-5-9-22(37-3)24(18)28)32-26(25(16)34-27)29-13-17-7-6-10-35(17)2/h4-5,8-9,11-12,17,20-21H,1,6-7,10,13-15H2,2-3H3,(H,29,32)(H,31,36)(H,30,33,34)/t17?,20-,21+/m0/s1. The predicted molar refractivity (Wildman–Crippen MR) is 144 cm³/mol. The Morgan fingerprint density at radius 3 is 2.92 bits per heavy atom. The molecular weight excluding hydrogens is 489 g/mol. The third kappa shape index (κ3) is 5.39. The van der Waals surface area contributed by atoms with Crippen molar-refractivity contribution in [3.8, 4) is 17.0 Å². The van der Waals surface area contributed by atoms with Crippen molar-refractivity contribution in [2.45, 2.75) is 31.0 Å². The zero-order chi connectivity index (χ0) is 26.6. The summed E-state index contributed by atoms with van der Waals surface area (Å²) in [6.07, 6.45) is 5.16. The first kappa shape index (κ1) is 25.8. The number of nitrogens with zero attached hydrogens (tertiary/aromatic N) is 4. The summed E-state index contributed by atoms with van der Waals surface area (Å²) in [5.41, 5.74) is 1.40. The van der Waals surface area contributed by atoms with E-state index in [0.29, 0.717) is 59.7 Å². The fourth-order valence-electron chi connectivity index (χ4n) is 4.93. The minimum atomic E-state index is -0.476. The Morgan fingerprint density at radius 1 is 1.32 bits per heavy atom. The van der Waals surface area contributed by atoms with Crippen molar-refractivity contribution in [2.75, 3.05) is 51.1 Å². The van der Waals surface area contributed by atoms with Gasteiger partial charge in [0.25, 0.3) is 0 Å². The van der Waals surface area contributed by atoms with Crippen LogP contribution in [-0.2, 0) is 9.53 Å². The molecule has 0 spiro atoms. The molecule has 0 aliphatic carbocycles. The maximum atomic E-state index is 15.1. The monoisotopic (exact) mass is 521 g/mol. The van der Waals surface area contributed by atoms with Gasteiger partial charge in [0.05, 0.1) is 38.1 Å². The van der Waals surface area contributed by atoms with E-state index in [1.807, 2.05) is 0 Å². The second-order valence-corrected chi connectivity index (χ2v) is 9.57. The van der Waals surface area contributed by atoms with Gasteiger partial charge in [-0.25, -0.2) is 19.3 Å². The van der Waals surface area contributed by atoms with Crippen molar-refractivity contribution < 1.29 is 18.7 Å². The molecule has 0 bridgehead atoms. The molecule has 38 heavy (non-hydrogen) atoms. The number of fused-ring (bicyclic) bond motifs is 1. The van der Waals surface area contributed by atoms with E-state index in [1.165, 1.54) is 13.2 Å². The van der Waals surface area contributed by atoms with Crippen LogP contribution in [0.3, 0.4) is 0 Å². The van der Waals surface area contributed by atoms with Gasteiger partial charge in [-0.2, -0.15) is 0 Å². The molecule has 1 unspecified atom stereocenters. The van der Waals surface area contributed by atoms with Crippen LogP contribution in [0.5, 0.6) is 5.75 Å². The highest BCUT2D eigenvalue weighted by Gasteiger charge is 2.30. The Labute approximate surface area is 220 Å². The number of nitrogens with one attached hydrogen (secondary N) is 3. The molecule has 200 valence electrons. The molecule has 3 atom stereocenters. The number of carbonyl (C=O) groups is 1. The molecule has 2 aliphatic heterocycles. The summed E-state index contributed by atoms with van der Waals surface area (Å²) in [5.74, 6) is 0.339. The first-order valence-electron chi connectivity index (χ1n) is 12.7. The van der Waals surface area contributed by atoms with Gasteiger partial charge in [-0.3, -0.25) is 4.79 Å². The number of aromatic nitrogens is 3. The molecule has 2 aromatic heterocycles. The number of benzene rings is 1. The SMILES string of the molecule is C=CC(=O)N[C@H]1COC[C@H]1Nc1ncc2cc(-c3cccc(OC)c3F)nc(NCC3CCCN3C)c2n1. The average Bonchev–Trinajstić information content (AvgIpc) is 3.55. The summed E-state index contributed by atoms with van der Waals surface area (Å²) < 4.78 is 25.9. The van der Waals surface area contributed by atoms with Crippen LogP contribution in [0.2, 0.25) is 0 Å². The lowest BCUT2D eigenvalue weighted by molar-refractivity contribution is -0.117. The molecule has 5 rings (SSSR count). The number of hydrogen-bond acceptors (Lipinski definition) is 9. The predicted octanol–water partition coefficient (Wildman–Crippen LogP) is 2.83. The molecule has 2 saturated heterocycles. The van der Waals surface area contributed by atoms with Crippen molar-refractivity contribution in [3.05, 3.63) is 48.9 Å². The second-order valence-electron chi connectivity index (χ2n) is 9.57. The lowest BCUT2D eigenvalue weighted by atomic mass is 10.1. The van der Waals surface area contributed by atoms with Crippen LogP contribution >= 0.6 is 0 Å². The van der Waals surface area contributed by atoms with Gasteiger partial charge in [-0.05, 0) is 50.7 Å². The lowest BCUT2D eigenvalue weighted by Crippen LogP contribution is -2.45. The third-order valence-electron chi connectivity index (χ3n) is 7.11. The fourth-order valence-corrected chi connectivity index (χ4v) is 4.93. The summed E-state index contributed by atoms with van der Waals surface area (Å²) in [5, 5.41) is 10.3. The molecule has 11 heteroatoms. The Balaban J connectivity index is 1.49. The molecule has 10 nitrogen and oxygen atoms in total. The molecule has 0 saturated carbocycles. The summed E-state index contributed by atoms with van der Waals surface area (Å²) in [7, 11) is 3.55. The van der Waals surface area contributed by atoms with E-state index in [-0.39, 0.29) is 23.7 Å². The molecule has 3 aromatic rings. The lowest BCUT2D eigenvalue weighted by Gasteiger charge is -2.21. The van der Waals surface area contributed by atoms with E-state index in [1.54, 1.807) is 30.5 Å². The number of hydrogen-bond donors (Lipinski definition) is 3. The van der Waals surface area contributed by atoms with E-state index in [2.05, 4.69) is 39.5 Å². The molecule has 2 aliphatic rings. The number of pyridine rings is 1. The summed E-state index contributed by atoms with van der Waals surface area (Å²) in [6, 6.07) is 6.68. The van der Waals surface area contributed by atoms with E-state index in [4.69, 9.17) is 19.4 Å². The second kappa shape index (κ2) is 11.3. The minimum Gasteiger partial charge on any atom is -0.494 e. The number of likely N-dealkylation sites (tertiary alicyclic amines) is 1. The highest BCUT2D eigenvalue weighted by atomic mass is 19.1. The van der Waals surface area contributed by atoms with Gasteiger partial charge in [-0.1, -0.05) is 12.6 Å². The normalized spacial score (nSPS) is 21.4. The molecule has 3 N–H and O–H groups in total. The van der Waals surface area contributed by atoms with E-state index in [0.717, 1.165) is 19.4 Å². The third-order valence-corrected chi connectivity index (χ3v) is 7.11. The van der Waals surface area contributed by atoms with Crippen LogP contribution < -0.4 is 20.7 Å². The van der Waals surface area contributed by atoms with Gasteiger partial charge in [0, 0.05) is 29.7 Å². The van der Waals surface area contributed by atoms with Crippen molar-refractivity contribution >= 4 is 28.6 Å². The molecule has 1 aromatic carbocycles. The first-order valence-corrected chi connectivity index (χ1v) is 12.7. The summed E-state index contributed by atoms with van der Waals surface area (Å²) in [6.45, 7) is 6.02. The topological polar surface area (TPSA) is 114 Å². The molecular formula is C27H32FN7O3. The Kier molecular flexibility index (Phi) is 7.66. The van der Waals surface area contributed by atoms with Crippen molar-refractivity contribution in [3.63, 3.8) is 0 Å². The van der Waals surface area contributed by atoms with Gasteiger partial charge < -0.3 is 30.3 Å². The Hall–Kier alpha value is -3.83. The number of ether oxygens (including phenoxy) is 2. The molecule has 1 amide bonds. The van der Waals surface area contributed by atoms with Gasteiger partial charge >= 0.3 is 0 Å². The van der Waals surface area contributed by atoms with Crippen LogP contribution in [-0.4, -0.2) is 84.3 Å². The van der Waals surface area contributed by atoms with Crippen LogP contribution in [0.15, 0.2) is 43.1 Å². The van der Waals surface area contributed by atoms with E-state index in [9.17, 15) is 4.79 Å². The maximum absolute atomic E-state index is 15.1. The number of carbonyl (C=O) groups excluding carboxylic acids is 1. The van der Waals surface area contributed by atoms with Crippen LogP contribution in [0.25, 0.3) is 22.2 Å². The van der Waals surface area contributed by atoms with Gasteiger partial charge in [0.1, 0.15) is 5.52 Å². The van der Waals surface area contributed by atoms with Gasteiger partial charge in [0.2, 0.25) is 11.9 Å². The highest BCUT2D eigenvalue weighted by Crippen LogP contribution is 2.32. The number of halogens is 1. The quantitative estimate of drug-likeness (QED) is 0.366. The first-order chi connectivity index (χ1) is 18.5. The van der Waals surface area contributed by atoms with Crippen molar-refractivity contribution in [2.24, 2.45) is 0 Å². The number of amides is 1. The summed E-state index contributed by atoms with van der Waals surface area (Å²) in [4.78, 5) is 28.2. The number of anilines is 2. The number of methoxy groups -OCH3 is 1. The van der Waals surface area contributed by atoms with Crippen molar-refractivity contribution in [1.82, 2.24) is 25.2 Å². The van der Waals surface area contributed by atoms with Gasteiger partial charge in [0.15, 0.2) is 17.4 Å².